The summed E-state index contributed by atoms with van der Waals surface area (Å²) in [5, 5.41) is 4.40. The van der Waals surface area contributed by atoms with Crippen molar-refractivity contribution >= 4 is 38.1 Å². The number of hydrogen-bond donors (Lipinski definition) is 2. The predicted octanol–water partition coefficient (Wildman–Crippen LogP) is 4.55. The molecule has 2 aromatic carbocycles. The van der Waals surface area contributed by atoms with Gasteiger partial charge in [-0.2, -0.15) is 0 Å². The van der Waals surface area contributed by atoms with Crippen molar-refractivity contribution in [2.24, 2.45) is 0 Å². The van der Waals surface area contributed by atoms with E-state index < -0.39 is 15.9 Å². The average Bonchev–Trinajstić information content (AvgIpc) is 3.21. The van der Waals surface area contributed by atoms with Crippen LogP contribution in [0.1, 0.15) is 35.8 Å². The van der Waals surface area contributed by atoms with Crippen LogP contribution in [0.3, 0.4) is 0 Å². The molecule has 2 N–H and O–H groups in total. The summed E-state index contributed by atoms with van der Waals surface area (Å²) < 4.78 is 32.4. The van der Waals surface area contributed by atoms with Gasteiger partial charge >= 0.3 is 0 Å². The lowest BCUT2D eigenvalue weighted by Crippen LogP contribution is -2.14. The Morgan fingerprint density at radius 2 is 1.80 bits per heavy atom. The maximum absolute atomic E-state index is 12.5. The molecule has 0 saturated carbocycles. The van der Waals surface area contributed by atoms with Gasteiger partial charge in [0.1, 0.15) is 11.4 Å². The van der Waals surface area contributed by atoms with Crippen molar-refractivity contribution < 1.29 is 17.9 Å². The topological polar surface area (TPSA) is 97.4 Å². The van der Waals surface area contributed by atoms with Gasteiger partial charge in [0, 0.05) is 11.1 Å². The molecular weight excluding hydrogens is 422 g/mol. The SMILES string of the molecule is CCCCc1ccc(NC(=O)c2csc(NS(=O)(=O)c3ccc(OC)cc3)n2)cc1. The molecule has 0 unspecified atom stereocenters. The summed E-state index contributed by atoms with van der Waals surface area (Å²) in [7, 11) is -2.31. The van der Waals surface area contributed by atoms with E-state index in [1.165, 1.54) is 30.2 Å². The third-order valence-corrected chi connectivity index (χ3v) is 6.60. The van der Waals surface area contributed by atoms with E-state index in [0.29, 0.717) is 11.4 Å². The monoisotopic (exact) mass is 445 g/mol. The Hall–Kier alpha value is -2.91. The maximum atomic E-state index is 12.5. The number of anilines is 2. The van der Waals surface area contributed by atoms with Gasteiger partial charge in [0.05, 0.1) is 12.0 Å². The van der Waals surface area contributed by atoms with Crippen molar-refractivity contribution in [3.63, 3.8) is 0 Å². The molecule has 0 aliphatic carbocycles. The number of hydrogen-bond acceptors (Lipinski definition) is 6. The van der Waals surface area contributed by atoms with Gasteiger partial charge in [-0.05, 0) is 54.8 Å². The molecule has 0 atom stereocenters. The zero-order valence-corrected chi connectivity index (χ0v) is 18.3. The van der Waals surface area contributed by atoms with Crippen molar-refractivity contribution in [1.29, 1.82) is 0 Å². The number of benzene rings is 2. The zero-order chi connectivity index (χ0) is 21.6. The molecule has 0 aliphatic heterocycles. The Morgan fingerprint density at radius 1 is 1.10 bits per heavy atom. The van der Waals surface area contributed by atoms with Gasteiger partial charge in [0.15, 0.2) is 5.13 Å². The second kappa shape index (κ2) is 9.73. The van der Waals surface area contributed by atoms with Crippen LogP contribution in [0.15, 0.2) is 58.8 Å². The van der Waals surface area contributed by atoms with E-state index in [2.05, 4.69) is 21.9 Å². The van der Waals surface area contributed by atoms with E-state index in [0.717, 1.165) is 30.6 Å². The number of thiazole rings is 1. The molecule has 0 fully saturated rings. The van der Waals surface area contributed by atoms with Gasteiger partial charge in [-0.15, -0.1) is 11.3 Å². The van der Waals surface area contributed by atoms with Crippen molar-refractivity contribution in [1.82, 2.24) is 4.98 Å². The minimum atomic E-state index is -3.81. The van der Waals surface area contributed by atoms with Crippen LogP contribution in [0.25, 0.3) is 0 Å². The van der Waals surface area contributed by atoms with Crippen LogP contribution in [0.2, 0.25) is 0 Å². The Labute approximate surface area is 180 Å². The summed E-state index contributed by atoms with van der Waals surface area (Å²) in [4.78, 5) is 16.6. The lowest BCUT2D eigenvalue weighted by molar-refractivity contribution is 0.102. The molecule has 30 heavy (non-hydrogen) atoms. The summed E-state index contributed by atoms with van der Waals surface area (Å²) in [5.74, 6) is 0.156. The average molecular weight is 446 g/mol. The van der Waals surface area contributed by atoms with Crippen molar-refractivity contribution in [2.45, 2.75) is 31.1 Å². The number of aryl methyl sites for hydroxylation is 1. The number of carbonyl (C=O) groups is 1. The molecule has 3 aromatic rings. The van der Waals surface area contributed by atoms with Crippen LogP contribution in [0.5, 0.6) is 5.75 Å². The fourth-order valence-corrected chi connectivity index (χ4v) is 4.63. The summed E-state index contributed by atoms with van der Waals surface area (Å²) >= 11 is 1.04. The van der Waals surface area contributed by atoms with Crippen LogP contribution in [-0.4, -0.2) is 26.4 Å². The van der Waals surface area contributed by atoms with Crippen molar-refractivity contribution in [2.75, 3.05) is 17.1 Å². The number of aromatic nitrogens is 1. The van der Waals surface area contributed by atoms with E-state index in [4.69, 9.17) is 4.74 Å². The number of rotatable bonds is 9. The highest BCUT2D eigenvalue weighted by atomic mass is 32.2. The number of methoxy groups -OCH3 is 1. The van der Waals surface area contributed by atoms with Gasteiger partial charge < -0.3 is 10.1 Å². The number of carbonyl (C=O) groups excluding carboxylic acids is 1. The van der Waals surface area contributed by atoms with Crippen LogP contribution in [0, 0.1) is 0 Å². The second-order valence-electron chi connectivity index (χ2n) is 6.57. The highest BCUT2D eigenvalue weighted by Gasteiger charge is 2.18. The molecule has 0 bridgehead atoms. The number of ether oxygens (including phenoxy) is 1. The molecule has 1 aromatic heterocycles. The summed E-state index contributed by atoms with van der Waals surface area (Å²) in [6.45, 7) is 2.15. The zero-order valence-electron chi connectivity index (χ0n) is 16.7. The molecule has 3 rings (SSSR count). The fourth-order valence-electron chi connectivity index (χ4n) is 2.68. The molecule has 158 valence electrons. The molecule has 9 heteroatoms. The highest BCUT2D eigenvalue weighted by molar-refractivity contribution is 7.93. The predicted molar refractivity (Wildman–Crippen MR) is 119 cm³/mol. The minimum Gasteiger partial charge on any atom is -0.497 e. The van der Waals surface area contributed by atoms with Gasteiger partial charge in [-0.25, -0.2) is 13.4 Å². The summed E-state index contributed by atoms with van der Waals surface area (Å²) in [6.07, 6.45) is 3.26. The first kappa shape index (κ1) is 21.8. The molecule has 0 saturated heterocycles. The molecule has 7 nitrogen and oxygen atoms in total. The maximum Gasteiger partial charge on any atom is 0.275 e. The van der Waals surface area contributed by atoms with Crippen LogP contribution < -0.4 is 14.8 Å². The molecular formula is C21H23N3O4S2. The van der Waals surface area contributed by atoms with E-state index in [9.17, 15) is 13.2 Å². The summed E-state index contributed by atoms with van der Waals surface area (Å²) in [5.41, 5.74) is 2.02. The van der Waals surface area contributed by atoms with E-state index in [1.807, 2.05) is 24.3 Å². The lowest BCUT2D eigenvalue weighted by atomic mass is 10.1. The Balaban J connectivity index is 1.64. The Kier molecular flexibility index (Phi) is 7.07. The first-order chi connectivity index (χ1) is 14.4. The number of nitrogens with zero attached hydrogens (tertiary/aromatic N) is 1. The number of sulfonamides is 1. The molecule has 1 heterocycles. The lowest BCUT2D eigenvalue weighted by Gasteiger charge is -2.06. The highest BCUT2D eigenvalue weighted by Crippen LogP contribution is 2.22. The minimum absolute atomic E-state index is 0.0765. The van der Waals surface area contributed by atoms with Crippen LogP contribution >= 0.6 is 11.3 Å². The third-order valence-electron chi connectivity index (χ3n) is 4.36. The smallest absolute Gasteiger partial charge is 0.275 e. The molecule has 0 radical (unpaired) electrons. The fraction of sp³-hybridized carbons (Fsp3) is 0.238. The molecule has 0 spiro atoms. The van der Waals surface area contributed by atoms with E-state index in [-0.39, 0.29) is 15.7 Å². The number of nitrogens with one attached hydrogen (secondary N) is 2. The first-order valence-electron chi connectivity index (χ1n) is 9.44. The first-order valence-corrected chi connectivity index (χ1v) is 11.8. The molecule has 0 aliphatic rings. The third kappa shape index (κ3) is 5.58. The quantitative estimate of drug-likeness (QED) is 0.504. The number of unbranched alkanes of at least 4 members (excludes halogenated alkanes) is 1. The second-order valence-corrected chi connectivity index (χ2v) is 9.11. The van der Waals surface area contributed by atoms with Gasteiger partial charge in [0.2, 0.25) is 0 Å². The van der Waals surface area contributed by atoms with Gasteiger partial charge in [0.25, 0.3) is 15.9 Å². The summed E-state index contributed by atoms with van der Waals surface area (Å²) in [6, 6.07) is 13.7. The van der Waals surface area contributed by atoms with Crippen LogP contribution in [0.4, 0.5) is 10.8 Å². The largest absolute Gasteiger partial charge is 0.497 e. The van der Waals surface area contributed by atoms with Crippen molar-refractivity contribution in [3.05, 3.63) is 65.2 Å². The number of amides is 1. The van der Waals surface area contributed by atoms with E-state index in [1.54, 1.807) is 12.1 Å². The van der Waals surface area contributed by atoms with Crippen molar-refractivity contribution in [3.8, 4) is 5.75 Å². The standard InChI is InChI=1S/C21H23N3O4S2/c1-3-4-5-15-6-8-16(9-7-15)22-20(25)19-14-29-21(23-19)24-30(26,27)18-12-10-17(28-2)11-13-18/h6-14H,3-5H2,1-2H3,(H,22,25)(H,23,24). The molecule has 1 amide bonds. The van der Waals surface area contributed by atoms with Gasteiger partial charge in [-0.1, -0.05) is 25.5 Å². The van der Waals surface area contributed by atoms with Gasteiger partial charge in [-0.3, -0.25) is 9.52 Å². The Morgan fingerprint density at radius 3 is 2.43 bits per heavy atom. The Bertz CT molecular complexity index is 1090. The van der Waals surface area contributed by atoms with E-state index >= 15 is 0 Å². The van der Waals surface area contributed by atoms with Crippen LogP contribution in [-0.2, 0) is 16.4 Å². The normalized spacial score (nSPS) is 11.1.